The first kappa shape index (κ1) is 25.0. The molecule has 1 aliphatic rings. The van der Waals surface area contributed by atoms with Crippen LogP contribution in [0.4, 0.5) is 5.69 Å². The highest BCUT2D eigenvalue weighted by Crippen LogP contribution is 2.31. The van der Waals surface area contributed by atoms with Crippen LogP contribution >= 0.6 is 24.0 Å². The van der Waals surface area contributed by atoms with E-state index in [1.165, 1.54) is 0 Å². The maximum Gasteiger partial charge on any atom is 0.225 e. The Bertz CT molecular complexity index is 885. The van der Waals surface area contributed by atoms with Crippen molar-refractivity contribution in [1.29, 1.82) is 0 Å². The first-order valence-electron chi connectivity index (χ1n) is 10.7. The number of ether oxygens (including phenoxy) is 1. The maximum atomic E-state index is 12.0. The summed E-state index contributed by atoms with van der Waals surface area (Å²) >= 11 is 0. The average molecular weight is 536 g/mol. The van der Waals surface area contributed by atoms with E-state index in [-0.39, 0.29) is 35.8 Å². The summed E-state index contributed by atoms with van der Waals surface area (Å²) in [5.41, 5.74) is 3.16. The molecule has 31 heavy (non-hydrogen) atoms. The number of carbonyl (C=O) groups is 1. The quantitative estimate of drug-likeness (QED) is 0.264. The van der Waals surface area contributed by atoms with Crippen LogP contribution in [-0.2, 0) is 11.3 Å². The topological polar surface area (TPSA) is 74.8 Å². The predicted molar refractivity (Wildman–Crippen MR) is 137 cm³/mol. The largest absolute Gasteiger partial charge is 0.493 e. The summed E-state index contributed by atoms with van der Waals surface area (Å²) in [4.78, 5) is 16.8. The Balaban J connectivity index is 0.00000341. The average Bonchev–Trinajstić information content (AvgIpc) is 2.74. The van der Waals surface area contributed by atoms with Crippen molar-refractivity contribution in [3.8, 4) is 5.75 Å². The van der Waals surface area contributed by atoms with E-state index in [4.69, 9.17) is 9.73 Å². The molecule has 0 aliphatic carbocycles. The molecule has 1 amide bonds. The van der Waals surface area contributed by atoms with Gasteiger partial charge in [-0.25, -0.2) is 4.99 Å². The van der Waals surface area contributed by atoms with Crippen LogP contribution in [0, 0.1) is 5.92 Å². The second-order valence-electron chi connectivity index (χ2n) is 7.96. The number of halogens is 1. The third-order valence-electron chi connectivity index (χ3n) is 4.87. The highest BCUT2D eigenvalue weighted by molar-refractivity contribution is 14.0. The van der Waals surface area contributed by atoms with E-state index in [2.05, 4.69) is 41.9 Å². The number of aliphatic imine (C=N–C) groups is 1. The lowest BCUT2D eigenvalue weighted by atomic mass is 9.90. The molecule has 7 heteroatoms. The molecule has 6 nitrogen and oxygen atoms in total. The summed E-state index contributed by atoms with van der Waals surface area (Å²) in [6.07, 6.45) is 0.471. The zero-order valence-electron chi connectivity index (χ0n) is 18.5. The van der Waals surface area contributed by atoms with Crippen molar-refractivity contribution in [3.63, 3.8) is 0 Å². The summed E-state index contributed by atoms with van der Waals surface area (Å²) in [7, 11) is 0. The van der Waals surface area contributed by atoms with Crippen LogP contribution in [0.5, 0.6) is 5.75 Å². The minimum absolute atomic E-state index is 0. The van der Waals surface area contributed by atoms with Gasteiger partial charge in [0.2, 0.25) is 5.91 Å². The van der Waals surface area contributed by atoms with E-state index >= 15 is 0 Å². The Morgan fingerprint density at radius 3 is 2.77 bits per heavy atom. The lowest BCUT2D eigenvalue weighted by Crippen LogP contribution is -2.40. The minimum atomic E-state index is 0. The van der Waals surface area contributed by atoms with Crippen LogP contribution in [0.1, 0.15) is 44.2 Å². The summed E-state index contributed by atoms with van der Waals surface area (Å²) in [6, 6.07) is 16.1. The smallest absolute Gasteiger partial charge is 0.225 e. The Kier molecular flexibility index (Phi) is 10.1. The zero-order valence-corrected chi connectivity index (χ0v) is 20.8. The molecule has 3 N–H and O–H groups in total. The van der Waals surface area contributed by atoms with Crippen LogP contribution < -0.4 is 20.7 Å². The molecule has 0 saturated carbocycles. The SMILES string of the molecule is CCNC(=NCc1cccc(OCC(C)C)c1)NCC1CC(=O)Nc2ccccc21.I. The number of amides is 1. The van der Waals surface area contributed by atoms with E-state index in [1.54, 1.807) is 0 Å². The molecule has 1 aliphatic heterocycles. The van der Waals surface area contributed by atoms with Crippen LogP contribution in [0.2, 0.25) is 0 Å². The first-order valence-corrected chi connectivity index (χ1v) is 10.7. The Labute approximate surface area is 202 Å². The predicted octanol–water partition coefficient (Wildman–Crippen LogP) is 4.52. The van der Waals surface area contributed by atoms with Gasteiger partial charge >= 0.3 is 0 Å². The molecule has 0 radical (unpaired) electrons. The molecule has 0 spiro atoms. The van der Waals surface area contributed by atoms with Crippen molar-refractivity contribution in [2.75, 3.05) is 25.0 Å². The standard InChI is InChI=1S/C24H32N4O2.HI/c1-4-25-24(26-14-18-8-7-9-20(12-18)30-16-17(2)3)27-15-19-13-23(29)28-22-11-6-5-10-21(19)22;/h5-12,17,19H,4,13-16H2,1-3H3,(H,28,29)(H2,25,26,27);1H. The second kappa shape index (κ2) is 12.5. The molecule has 0 aromatic heterocycles. The number of nitrogens with zero attached hydrogens (tertiary/aromatic N) is 1. The van der Waals surface area contributed by atoms with Crippen LogP contribution in [0.15, 0.2) is 53.5 Å². The molecule has 1 heterocycles. The molecule has 0 bridgehead atoms. The van der Waals surface area contributed by atoms with Crippen LogP contribution in [0.3, 0.4) is 0 Å². The second-order valence-corrected chi connectivity index (χ2v) is 7.96. The maximum absolute atomic E-state index is 12.0. The number of hydrogen-bond donors (Lipinski definition) is 3. The molecule has 168 valence electrons. The fraction of sp³-hybridized carbons (Fsp3) is 0.417. The number of carbonyl (C=O) groups excluding carboxylic acids is 1. The van der Waals surface area contributed by atoms with Crippen molar-refractivity contribution >= 4 is 41.5 Å². The molecule has 2 aromatic carbocycles. The zero-order chi connectivity index (χ0) is 21.3. The minimum Gasteiger partial charge on any atom is -0.493 e. The van der Waals surface area contributed by atoms with Crippen LogP contribution in [-0.4, -0.2) is 31.6 Å². The number of fused-ring (bicyclic) bond motifs is 1. The molecular formula is C24H33IN4O2. The number of benzene rings is 2. The van der Waals surface area contributed by atoms with Crippen molar-refractivity contribution in [1.82, 2.24) is 10.6 Å². The van der Waals surface area contributed by atoms with E-state index < -0.39 is 0 Å². The van der Waals surface area contributed by atoms with Gasteiger partial charge < -0.3 is 20.7 Å². The van der Waals surface area contributed by atoms with E-state index in [9.17, 15) is 4.79 Å². The van der Waals surface area contributed by atoms with Gasteiger partial charge in [0.05, 0.1) is 13.2 Å². The van der Waals surface area contributed by atoms with E-state index in [1.807, 2.05) is 43.3 Å². The van der Waals surface area contributed by atoms with Crippen molar-refractivity contribution in [3.05, 3.63) is 59.7 Å². The summed E-state index contributed by atoms with van der Waals surface area (Å²) in [5, 5.41) is 9.64. The highest BCUT2D eigenvalue weighted by atomic mass is 127. The Morgan fingerprint density at radius 2 is 2.00 bits per heavy atom. The molecule has 1 unspecified atom stereocenters. The monoisotopic (exact) mass is 536 g/mol. The van der Waals surface area contributed by atoms with Crippen molar-refractivity contribution < 1.29 is 9.53 Å². The fourth-order valence-corrected chi connectivity index (χ4v) is 3.41. The third-order valence-corrected chi connectivity index (χ3v) is 4.87. The van der Waals surface area contributed by atoms with Gasteiger partial charge in [-0.2, -0.15) is 0 Å². The van der Waals surface area contributed by atoms with Crippen molar-refractivity contribution in [2.45, 2.75) is 39.7 Å². The normalized spacial score (nSPS) is 15.5. The number of hydrogen-bond acceptors (Lipinski definition) is 3. The summed E-state index contributed by atoms with van der Waals surface area (Å²) in [5.74, 6) is 2.28. The van der Waals surface area contributed by atoms with E-state index in [0.717, 1.165) is 35.1 Å². The highest BCUT2D eigenvalue weighted by Gasteiger charge is 2.24. The lowest BCUT2D eigenvalue weighted by molar-refractivity contribution is -0.116. The Morgan fingerprint density at radius 1 is 1.19 bits per heavy atom. The van der Waals surface area contributed by atoms with Gasteiger partial charge in [-0.1, -0.05) is 44.2 Å². The number of para-hydroxylation sites is 1. The molecule has 1 atom stereocenters. The molecular weight excluding hydrogens is 503 g/mol. The van der Waals surface area contributed by atoms with Gasteiger partial charge in [0.25, 0.3) is 0 Å². The fourth-order valence-electron chi connectivity index (χ4n) is 3.41. The van der Waals surface area contributed by atoms with Gasteiger partial charge in [-0.15, -0.1) is 24.0 Å². The summed E-state index contributed by atoms with van der Waals surface area (Å²) in [6.45, 7) is 8.98. The van der Waals surface area contributed by atoms with Gasteiger partial charge in [0, 0.05) is 31.1 Å². The van der Waals surface area contributed by atoms with Gasteiger partial charge in [0.1, 0.15) is 5.75 Å². The molecule has 3 rings (SSSR count). The number of nitrogens with one attached hydrogen (secondary N) is 3. The third kappa shape index (κ3) is 7.72. The van der Waals surface area contributed by atoms with Crippen LogP contribution in [0.25, 0.3) is 0 Å². The number of guanidine groups is 1. The van der Waals surface area contributed by atoms with Crippen molar-refractivity contribution in [2.24, 2.45) is 10.9 Å². The summed E-state index contributed by atoms with van der Waals surface area (Å²) < 4.78 is 5.82. The number of anilines is 1. The van der Waals surface area contributed by atoms with Gasteiger partial charge in [0.15, 0.2) is 5.96 Å². The number of rotatable bonds is 8. The molecule has 2 aromatic rings. The van der Waals surface area contributed by atoms with Gasteiger partial charge in [-0.3, -0.25) is 4.79 Å². The lowest BCUT2D eigenvalue weighted by Gasteiger charge is -2.26. The molecule has 0 fully saturated rings. The first-order chi connectivity index (χ1) is 14.5. The van der Waals surface area contributed by atoms with E-state index in [0.29, 0.717) is 32.0 Å². The molecule has 0 saturated heterocycles. The van der Waals surface area contributed by atoms with Gasteiger partial charge in [-0.05, 0) is 42.2 Å². The Hall–Kier alpha value is -2.29.